The molecule has 0 atom stereocenters. The quantitative estimate of drug-likeness (QED) is 0.863. The number of ether oxygens (including phenoxy) is 1. The first kappa shape index (κ1) is 11.6. The molecule has 90 valence electrons. The summed E-state index contributed by atoms with van der Waals surface area (Å²) in [5.41, 5.74) is 1.11. The van der Waals surface area contributed by atoms with Crippen molar-refractivity contribution in [1.29, 1.82) is 0 Å². The van der Waals surface area contributed by atoms with E-state index in [0.717, 1.165) is 0 Å². The number of benzene rings is 1. The van der Waals surface area contributed by atoms with Gasteiger partial charge in [0.1, 0.15) is 5.75 Å². The standard InChI is InChI=1S/C11H10ClNO4/c1-5-6(12)3-4-7(16-2)8(5)9-10(14)13-11(15)17-9/h3-4,14H,1-2H3,(H,13,15). The molecule has 6 heteroatoms. The molecular formula is C11H10ClNO4. The average Bonchev–Trinajstić information content (AvgIpc) is 2.61. The Labute approximate surface area is 102 Å². The van der Waals surface area contributed by atoms with Crippen LogP contribution in [0.5, 0.6) is 11.6 Å². The fourth-order valence-corrected chi connectivity index (χ4v) is 1.76. The van der Waals surface area contributed by atoms with Gasteiger partial charge in [0.25, 0.3) is 0 Å². The third-order valence-corrected chi connectivity index (χ3v) is 2.85. The van der Waals surface area contributed by atoms with E-state index in [4.69, 9.17) is 20.8 Å². The number of H-pyrrole nitrogens is 1. The molecule has 17 heavy (non-hydrogen) atoms. The molecule has 1 aromatic carbocycles. The second-order valence-electron chi connectivity index (χ2n) is 3.44. The van der Waals surface area contributed by atoms with Gasteiger partial charge in [0, 0.05) is 5.02 Å². The third kappa shape index (κ3) is 1.89. The number of aromatic amines is 1. The lowest BCUT2D eigenvalue weighted by atomic mass is 10.1. The van der Waals surface area contributed by atoms with E-state index >= 15 is 0 Å². The summed E-state index contributed by atoms with van der Waals surface area (Å²) < 4.78 is 10.0. The van der Waals surface area contributed by atoms with Gasteiger partial charge < -0.3 is 14.3 Å². The highest BCUT2D eigenvalue weighted by Crippen LogP contribution is 2.39. The van der Waals surface area contributed by atoms with Crippen molar-refractivity contribution < 1.29 is 14.3 Å². The zero-order valence-electron chi connectivity index (χ0n) is 9.20. The van der Waals surface area contributed by atoms with Crippen molar-refractivity contribution in [1.82, 2.24) is 4.98 Å². The maximum Gasteiger partial charge on any atom is 0.419 e. The fourth-order valence-electron chi connectivity index (χ4n) is 1.60. The molecule has 5 nitrogen and oxygen atoms in total. The summed E-state index contributed by atoms with van der Waals surface area (Å²) in [4.78, 5) is 13.2. The van der Waals surface area contributed by atoms with Gasteiger partial charge in [-0.3, -0.25) is 4.98 Å². The SMILES string of the molecule is COc1ccc(Cl)c(C)c1-c1oc(=O)[nH]c1O. The number of hydrogen-bond donors (Lipinski definition) is 2. The first-order valence-corrected chi connectivity index (χ1v) is 5.18. The van der Waals surface area contributed by atoms with Crippen LogP contribution in [0.4, 0.5) is 0 Å². The second kappa shape index (κ2) is 4.18. The molecule has 1 aromatic heterocycles. The molecule has 2 rings (SSSR count). The molecule has 0 aliphatic heterocycles. The highest BCUT2D eigenvalue weighted by molar-refractivity contribution is 6.31. The van der Waals surface area contributed by atoms with E-state index in [-0.39, 0.29) is 11.6 Å². The van der Waals surface area contributed by atoms with Crippen molar-refractivity contribution in [2.75, 3.05) is 7.11 Å². The molecule has 2 N–H and O–H groups in total. The van der Waals surface area contributed by atoms with Crippen molar-refractivity contribution in [3.63, 3.8) is 0 Å². The number of rotatable bonds is 2. The van der Waals surface area contributed by atoms with Gasteiger partial charge in [-0.2, -0.15) is 0 Å². The Hall–Kier alpha value is -1.88. The van der Waals surface area contributed by atoms with Gasteiger partial charge >= 0.3 is 5.76 Å². The van der Waals surface area contributed by atoms with Crippen molar-refractivity contribution in [3.05, 3.63) is 33.3 Å². The van der Waals surface area contributed by atoms with E-state index in [1.54, 1.807) is 19.1 Å². The summed E-state index contributed by atoms with van der Waals surface area (Å²) in [5.74, 6) is -0.602. The number of methoxy groups -OCH3 is 1. The summed E-state index contributed by atoms with van der Waals surface area (Å²) in [6.45, 7) is 1.74. The largest absolute Gasteiger partial charge is 0.496 e. The molecule has 0 amide bonds. The number of oxazole rings is 1. The average molecular weight is 256 g/mol. The monoisotopic (exact) mass is 255 g/mol. The van der Waals surface area contributed by atoms with Crippen LogP contribution < -0.4 is 10.5 Å². The first-order chi connectivity index (χ1) is 8.04. The topological polar surface area (TPSA) is 75.5 Å². The van der Waals surface area contributed by atoms with E-state index in [9.17, 15) is 9.90 Å². The van der Waals surface area contributed by atoms with Gasteiger partial charge in [-0.05, 0) is 24.6 Å². The molecule has 0 saturated heterocycles. The normalized spacial score (nSPS) is 10.5. The Morgan fingerprint density at radius 2 is 2.18 bits per heavy atom. The van der Waals surface area contributed by atoms with Crippen molar-refractivity contribution in [2.45, 2.75) is 6.92 Å². The van der Waals surface area contributed by atoms with E-state index in [1.165, 1.54) is 7.11 Å². The number of aromatic hydroxyl groups is 1. The molecule has 1 heterocycles. The Morgan fingerprint density at radius 1 is 1.47 bits per heavy atom. The lowest BCUT2D eigenvalue weighted by molar-refractivity contribution is 0.411. The Bertz CT molecular complexity index is 614. The summed E-state index contributed by atoms with van der Waals surface area (Å²) in [6.07, 6.45) is 0. The zero-order chi connectivity index (χ0) is 12.6. The Balaban J connectivity index is 2.77. The van der Waals surface area contributed by atoms with E-state index in [2.05, 4.69) is 4.98 Å². The van der Waals surface area contributed by atoms with E-state index < -0.39 is 5.76 Å². The van der Waals surface area contributed by atoms with Gasteiger partial charge in [-0.15, -0.1) is 0 Å². The van der Waals surface area contributed by atoms with Crippen LogP contribution in [-0.4, -0.2) is 17.2 Å². The van der Waals surface area contributed by atoms with Crippen molar-refractivity contribution in [2.24, 2.45) is 0 Å². The van der Waals surface area contributed by atoms with Crippen LogP contribution in [0.2, 0.25) is 5.02 Å². The molecule has 0 aliphatic rings. The highest BCUT2D eigenvalue weighted by atomic mass is 35.5. The minimum atomic E-state index is -0.737. The Kier molecular flexibility index (Phi) is 2.85. The molecule has 0 radical (unpaired) electrons. The summed E-state index contributed by atoms with van der Waals surface area (Å²) in [7, 11) is 1.48. The van der Waals surface area contributed by atoms with E-state index in [0.29, 0.717) is 21.9 Å². The third-order valence-electron chi connectivity index (χ3n) is 2.44. The zero-order valence-corrected chi connectivity index (χ0v) is 9.96. The van der Waals surface area contributed by atoms with Crippen molar-refractivity contribution in [3.8, 4) is 23.0 Å². The lowest BCUT2D eigenvalue weighted by Gasteiger charge is -2.10. The molecule has 0 saturated carbocycles. The molecule has 0 aliphatic carbocycles. The van der Waals surface area contributed by atoms with Gasteiger partial charge in [0.2, 0.25) is 11.6 Å². The highest BCUT2D eigenvalue weighted by Gasteiger charge is 2.19. The summed E-state index contributed by atoms with van der Waals surface area (Å²) >= 11 is 5.98. The van der Waals surface area contributed by atoms with Gasteiger partial charge in [0.05, 0.1) is 12.7 Å². The summed E-state index contributed by atoms with van der Waals surface area (Å²) in [6, 6.07) is 3.30. The van der Waals surface area contributed by atoms with E-state index in [1.807, 2.05) is 0 Å². The molecular weight excluding hydrogens is 246 g/mol. The number of nitrogens with one attached hydrogen (secondary N) is 1. The molecule has 2 aromatic rings. The molecule has 0 bridgehead atoms. The maximum absolute atomic E-state index is 11.0. The predicted octanol–water partition coefficient (Wildman–Crippen LogP) is 2.31. The predicted molar refractivity (Wildman–Crippen MR) is 62.7 cm³/mol. The minimum Gasteiger partial charge on any atom is -0.496 e. The van der Waals surface area contributed by atoms with Crippen LogP contribution in [0.25, 0.3) is 11.3 Å². The molecule has 0 fully saturated rings. The number of hydrogen-bond acceptors (Lipinski definition) is 4. The van der Waals surface area contributed by atoms with Crippen molar-refractivity contribution >= 4 is 11.6 Å². The maximum atomic E-state index is 11.0. The van der Waals surface area contributed by atoms with Crippen LogP contribution in [-0.2, 0) is 0 Å². The lowest BCUT2D eigenvalue weighted by Crippen LogP contribution is -1.93. The van der Waals surface area contributed by atoms with Gasteiger partial charge in [-0.1, -0.05) is 11.6 Å². The smallest absolute Gasteiger partial charge is 0.419 e. The second-order valence-corrected chi connectivity index (χ2v) is 3.85. The van der Waals surface area contributed by atoms with Crippen LogP contribution in [0.3, 0.4) is 0 Å². The van der Waals surface area contributed by atoms with Crippen LogP contribution >= 0.6 is 11.6 Å². The summed E-state index contributed by atoms with van der Waals surface area (Å²) in [5, 5.41) is 10.1. The first-order valence-electron chi connectivity index (χ1n) is 4.80. The Morgan fingerprint density at radius 3 is 2.71 bits per heavy atom. The van der Waals surface area contributed by atoms with Gasteiger partial charge in [-0.25, -0.2) is 4.79 Å². The van der Waals surface area contributed by atoms with Crippen LogP contribution in [0.1, 0.15) is 5.56 Å². The number of aromatic nitrogens is 1. The molecule has 0 spiro atoms. The van der Waals surface area contributed by atoms with Gasteiger partial charge in [0.15, 0.2) is 0 Å². The number of halogens is 1. The fraction of sp³-hybridized carbons (Fsp3) is 0.182. The minimum absolute atomic E-state index is 0.0202. The molecule has 0 unspecified atom stereocenters. The van der Waals surface area contributed by atoms with Crippen LogP contribution in [0.15, 0.2) is 21.3 Å². The van der Waals surface area contributed by atoms with Crippen LogP contribution in [0, 0.1) is 6.92 Å².